The van der Waals surface area contributed by atoms with Gasteiger partial charge in [0, 0.05) is 30.8 Å². The molecule has 0 bridgehead atoms. The number of carbonyl (C=O) groups excluding carboxylic acids is 1. The van der Waals surface area contributed by atoms with Crippen LogP contribution in [0, 0.1) is 0 Å². The molecule has 0 spiro atoms. The van der Waals surface area contributed by atoms with Crippen LogP contribution in [0.15, 0.2) is 17.1 Å². The van der Waals surface area contributed by atoms with Gasteiger partial charge in [-0.2, -0.15) is 0 Å². The SMILES string of the molecule is COc1cn(C(C[C@H]2CCCCO2)C(=O)OC(C)(C)C)c(=O)cc1B1OC(C)(C)C(C)(C)O1. The van der Waals surface area contributed by atoms with Crippen molar-refractivity contribution in [3.05, 3.63) is 22.6 Å². The summed E-state index contributed by atoms with van der Waals surface area (Å²) < 4.78 is 30.8. The van der Waals surface area contributed by atoms with Crippen molar-refractivity contribution in [2.45, 2.75) is 103 Å². The van der Waals surface area contributed by atoms with E-state index < -0.39 is 35.9 Å². The van der Waals surface area contributed by atoms with E-state index in [-0.39, 0.29) is 11.7 Å². The van der Waals surface area contributed by atoms with Crippen LogP contribution >= 0.6 is 0 Å². The van der Waals surface area contributed by atoms with Gasteiger partial charge < -0.3 is 23.5 Å². The fourth-order valence-electron chi connectivity index (χ4n) is 4.05. The third-order valence-electron chi connectivity index (χ3n) is 6.58. The van der Waals surface area contributed by atoms with E-state index in [4.69, 9.17) is 23.5 Å². The molecule has 33 heavy (non-hydrogen) atoms. The number of ether oxygens (including phenoxy) is 3. The molecule has 0 amide bonds. The summed E-state index contributed by atoms with van der Waals surface area (Å²) in [6.07, 6.45) is 4.68. The first kappa shape index (κ1) is 25.8. The zero-order valence-electron chi connectivity index (χ0n) is 21.2. The first-order chi connectivity index (χ1) is 15.2. The zero-order chi connectivity index (χ0) is 24.6. The van der Waals surface area contributed by atoms with Gasteiger partial charge in [0.1, 0.15) is 17.4 Å². The Labute approximate surface area is 197 Å². The molecule has 3 heterocycles. The molecule has 2 fully saturated rings. The number of carbonyl (C=O) groups is 1. The number of aromatic nitrogens is 1. The molecule has 1 aromatic rings. The fourth-order valence-corrected chi connectivity index (χ4v) is 4.05. The molecule has 2 aliphatic heterocycles. The standard InChI is InChI=1S/C24H38BNO7/c1-22(2,3)31-21(28)18(13-16-11-9-10-12-30-16)26-15-19(29-8)17(14-20(26)27)25-32-23(4,5)24(6,7)33-25/h14-16,18H,9-13H2,1-8H3/t16-,18?/m1/s1. The highest BCUT2D eigenvalue weighted by atomic mass is 16.7. The van der Waals surface area contributed by atoms with E-state index in [9.17, 15) is 9.59 Å². The predicted octanol–water partition coefficient (Wildman–Crippen LogP) is 3.00. The predicted molar refractivity (Wildman–Crippen MR) is 126 cm³/mol. The third-order valence-corrected chi connectivity index (χ3v) is 6.58. The normalized spacial score (nSPS) is 23.3. The average molecular weight is 463 g/mol. The van der Waals surface area contributed by atoms with Crippen LogP contribution in [0.4, 0.5) is 0 Å². The Bertz CT molecular complexity index is 896. The summed E-state index contributed by atoms with van der Waals surface area (Å²) in [7, 11) is 0.764. The molecule has 0 aliphatic carbocycles. The lowest BCUT2D eigenvalue weighted by atomic mass is 9.79. The van der Waals surface area contributed by atoms with Crippen molar-refractivity contribution in [1.29, 1.82) is 0 Å². The minimum Gasteiger partial charge on any atom is -0.496 e. The zero-order valence-corrected chi connectivity index (χ0v) is 21.2. The van der Waals surface area contributed by atoms with Crippen LogP contribution < -0.4 is 15.8 Å². The lowest BCUT2D eigenvalue weighted by molar-refractivity contribution is -0.160. The van der Waals surface area contributed by atoms with Crippen molar-refractivity contribution < 1.29 is 28.3 Å². The Morgan fingerprint density at radius 1 is 1.21 bits per heavy atom. The highest BCUT2D eigenvalue weighted by Gasteiger charge is 2.52. The molecule has 0 aromatic carbocycles. The summed E-state index contributed by atoms with van der Waals surface area (Å²) in [5.41, 5.74) is -1.66. The summed E-state index contributed by atoms with van der Waals surface area (Å²) in [6.45, 7) is 13.9. The second-order valence-electron chi connectivity index (χ2n) is 10.9. The number of pyridine rings is 1. The molecule has 3 rings (SSSR count). The van der Waals surface area contributed by atoms with Gasteiger partial charge in [0.2, 0.25) is 0 Å². The quantitative estimate of drug-likeness (QED) is 0.474. The number of methoxy groups -OCH3 is 1. The summed E-state index contributed by atoms with van der Waals surface area (Å²) in [5.74, 6) is -0.0598. The van der Waals surface area contributed by atoms with E-state index in [0.717, 1.165) is 19.3 Å². The minimum absolute atomic E-state index is 0.114. The molecular formula is C24H38BNO7. The van der Waals surface area contributed by atoms with Crippen molar-refractivity contribution in [2.75, 3.05) is 13.7 Å². The maximum absolute atomic E-state index is 13.3. The van der Waals surface area contributed by atoms with E-state index in [1.54, 1.807) is 6.20 Å². The largest absolute Gasteiger partial charge is 0.498 e. The lowest BCUT2D eigenvalue weighted by Crippen LogP contribution is -2.42. The van der Waals surface area contributed by atoms with Gasteiger partial charge in [-0.15, -0.1) is 0 Å². The molecule has 1 aromatic heterocycles. The van der Waals surface area contributed by atoms with Gasteiger partial charge >= 0.3 is 13.1 Å². The number of rotatable bonds is 6. The van der Waals surface area contributed by atoms with Crippen LogP contribution in [0.2, 0.25) is 0 Å². The van der Waals surface area contributed by atoms with Crippen LogP contribution in [-0.2, 0) is 23.6 Å². The summed E-state index contributed by atoms with van der Waals surface area (Å²) in [4.78, 5) is 26.5. The highest BCUT2D eigenvalue weighted by molar-refractivity contribution is 6.63. The van der Waals surface area contributed by atoms with Crippen molar-refractivity contribution >= 4 is 18.6 Å². The monoisotopic (exact) mass is 463 g/mol. The molecule has 0 N–H and O–H groups in total. The molecule has 9 heteroatoms. The molecule has 0 saturated carbocycles. The second-order valence-corrected chi connectivity index (χ2v) is 10.9. The van der Waals surface area contributed by atoms with Gasteiger partial charge in [-0.3, -0.25) is 9.36 Å². The molecule has 2 atom stereocenters. The lowest BCUT2D eigenvalue weighted by Gasteiger charge is -2.32. The number of nitrogens with zero attached hydrogens (tertiary/aromatic N) is 1. The first-order valence-electron chi connectivity index (χ1n) is 11.7. The van der Waals surface area contributed by atoms with Gasteiger partial charge in [0.05, 0.1) is 24.4 Å². The highest BCUT2D eigenvalue weighted by Crippen LogP contribution is 2.37. The molecule has 184 valence electrons. The van der Waals surface area contributed by atoms with Crippen LogP contribution in [0.3, 0.4) is 0 Å². The van der Waals surface area contributed by atoms with Crippen LogP contribution in [0.25, 0.3) is 0 Å². The summed E-state index contributed by atoms with van der Waals surface area (Å²) in [5, 5.41) is 0. The van der Waals surface area contributed by atoms with E-state index in [1.165, 1.54) is 17.7 Å². The van der Waals surface area contributed by atoms with E-state index in [0.29, 0.717) is 24.2 Å². The van der Waals surface area contributed by atoms with Gasteiger partial charge in [0.25, 0.3) is 5.56 Å². The average Bonchev–Trinajstić information content (AvgIpc) is 2.92. The molecule has 0 radical (unpaired) electrons. The third kappa shape index (κ3) is 5.81. The molecule has 2 aliphatic rings. The second kappa shape index (κ2) is 9.43. The fraction of sp³-hybridized carbons (Fsp3) is 0.750. The van der Waals surface area contributed by atoms with Crippen LogP contribution in [-0.4, -0.2) is 54.3 Å². The summed E-state index contributed by atoms with van der Waals surface area (Å²) >= 11 is 0. The van der Waals surface area contributed by atoms with E-state index in [1.807, 2.05) is 48.5 Å². The van der Waals surface area contributed by atoms with Gasteiger partial charge in [-0.25, -0.2) is 4.79 Å². The van der Waals surface area contributed by atoms with Crippen molar-refractivity contribution in [3.63, 3.8) is 0 Å². The Balaban J connectivity index is 1.98. The minimum atomic E-state index is -0.832. The van der Waals surface area contributed by atoms with E-state index in [2.05, 4.69) is 0 Å². The van der Waals surface area contributed by atoms with Gasteiger partial charge in [-0.05, 0) is 67.7 Å². The maximum Gasteiger partial charge on any atom is 0.498 e. The Hall–Kier alpha value is -1.84. The van der Waals surface area contributed by atoms with E-state index >= 15 is 0 Å². The Morgan fingerprint density at radius 2 is 1.85 bits per heavy atom. The van der Waals surface area contributed by atoms with Crippen molar-refractivity contribution in [1.82, 2.24) is 4.57 Å². The van der Waals surface area contributed by atoms with Crippen LogP contribution in [0.1, 0.15) is 80.2 Å². The maximum atomic E-state index is 13.3. The smallest absolute Gasteiger partial charge is 0.496 e. The van der Waals surface area contributed by atoms with Gasteiger partial charge in [0.15, 0.2) is 0 Å². The van der Waals surface area contributed by atoms with Crippen LogP contribution in [0.5, 0.6) is 5.75 Å². The van der Waals surface area contributed by atoms with Gasteiger partial charge in [-0.1, -0.05) is 0 Å². The number of hydrogen-bond acceptors (Lipinski definition) is 7. The van der Waals surface area contributed by atoms with Crippen molar-refractivity contribution in [2.24, 2.45) is 0 Å². The Morgan fingerprint density at radius 3 is 2.36 bits per heavy atom. The van der Waals surface area contributed by atoms with Crippen molar-refractivity contribution in [3.8, 4) is 5.75 Å². The Kier molecular flexibility index (Phi) is 7.37. The number of hydrogen-bond donors (Lipinski definition) is 0. The molecule has 1 unspecified atom stereocenters. The topological polar surface area (TPSA) is 85.2 Å². The summed E-state index contributed by atoms with van der Waals surface area (Å²) in [6, 6.07) is 0.598. The number of esters is 1. The molecule has 2 saturated heterocycles. The first-order valence-corrected chi connectivity index (χ1v) is 11.7. The molecule has 8 nitrogen and oxygen atoms in total. The molecular weight excluding hydrogens is 425 g/mol.